The van der Waals surface area contributed by atoms with E-state index in [0.29, 0.717) is 28.3 Å². The number of anilines is 1. The number of aryl methyl sites for hydroxylation is 3. The van der Waals surface area contributed by atoms with Gasteiger partial charge in [-0.25, -0.2) is 8.42 Å². The van der Waals surface area contributed by atoms with Crippen molar-refractivity contribution in [3.63, 3.8) is 0 Å². The summed E-state index contributed by atoms with van der Waals surface area (Å²) in [4.78, 5) is 0.145. The van der Waals surface area contributed by atoms with Gasteiger partial charge in [0.1, 0.15) is 5.76 Å². The second-order valence-corrected chi connectivity index (χ2v) is 7.93. The molecule has 0 radical (unpaired) electrons. The molecule has 0 atom stereocenters. The first kappa shape index (κ1) is 19.2. The molecule has 7 nitrogen and oxygen atoms in total. The minimum atomic E-state index is -3.84. The molecule has 0 aliphatic heterocycles. The Bertz CT molecular complexity index is 1060. The van der Waals surface area contributed by atoms with Crippen LogP contribution in [0.2, 0.25) is 0 Å². The van der Waals surface area contributed by atoms with Crippen LogP contribution in [0.15, 0.2) is 51.9 Å². The van der Waals surface area contributed by atoms with Gasteiger partial charge >= 0.3 is 7.12 Å². The van der Waals surface area contributed by atoms with Gasteiger partial charge in [-0.05, 0) is 55.6 Å². The molecule has 0 unspecified atom stereocenters. The van der Waals surface area contributed by atoms with Crippen molar-refractivity contribution in [2.24, 2.45) is 0 Å². The van der Waals surface area contributed by atoms with E-state index < -0.39 is 17.1 Å². The zero-order valence-electron chi connectivity index (χ0n) is 15.1. The normalized spacial score (nSPS) is 11.4. The number of nitrogens with zero attached hydrogens (tertiary/aromatic N) is 1. The number of hydrogen-bond donors (Lipinski definition) is 3. The molecule has 0 bridgehead atoms. The van der Waals surface area contributed by atoms with Crippen molar-refractivity contribution < 1.29 is 23.0 Å². The van der Waals surface area contributed by atoms with Gasteiger partial charge in [-0.2, -0.15) is 0 Å². The predicted molar refractivity (Wildman–Crippen MR) is 103 cm³/mol. The van der Waals surface area contributed by atoms with E-state index in [4.69, 9.17) is 14.6 Å². The lowest BCUT2D eigenvalue weighted by atomic mass is 9.80. The van der Waals surface area contributed by atoms with E-state index >= 15 is 0 Å². The lowest BCUT2D eigenvalue weighted by molar-refractivity contribution is 0.393. The average molecular weight is 386 g/mol. The van der Waals surface area contributed by atoms with Crippen LogP contribution in [-0.4, -0.2) is 30.7 Å². The first-order chi connectivity index (χ1) is 12.7. The first-order valence-electron chi connectivity index (χ1n) is 8.22. The van der Waals surface area contributed by atoms with E-state index in [9.17, 15) is 8.42 Å². The fourth-order valence-electron chi connectivity index (χ4n) is 2.87. The maximum atomic E-state index is 12.9. The van der Waals surface area contributed by atoms with Crippen molar-refractivity contribution in [1.29, 1.82) is 0 Å². The quantitative estimate of drug-likeness (QED) is 0.576. The monoisotopic (exact) mass is 386 g/mol. The van der Waals surface area contributed by atoms with Crippen molar-refractivity contribution in [2.75, 3.05) is 4.72 Å². The molecule has 27 heavy (non-hydrogen) atoms. The summed E-state index contributed by atoms with van der Waals surface area (Å²) in [5.41, 5.74) is 3.35. The van der Waals surface area contributed by atoms with Crippen molar-refractivity contribution in [1.82, 2.24) is 5.16 Å². The number of nitrogens with one attached hydrogen (secondary N) is 1. The summed E-state index contributed by atoms with van der Waals surface area (Å²) in [6.07, 6.45) is 0. The number of sulfonamides is 1. The number of hydrogen-bond acceptors (Lipinski definition) is 6. The molecular weight excluding hydrogens is 367 g/mol. The van der Waals surface area contributed by atoms with E-state index in [0.717, 1.165) is 5.56 Å². The van der Waals surface area contributed by atoms with Gasteiger partial charge in [-0.1, -0.05) is 29.4 Å². The lowest BCUT2D eigenvalue weighted by Crippen LogP contribution is -2.29. The van der Waals surface area contributed by atoms with Crippen LogP contribution in [0, 0.1) is 20.8 Å². The van der Waals surface area contributed by atoms with Crippen LogP contribution >= 0.6 is 0 Å². The van der Waals surface area contributed by atoms with Crippen LogP contribution < -0.4 is 10.2 Å². The highest BCUT2D eigenvalue weighted by molar-refractivity contribution is 7.92. The van der Waals surface area contributed by atoms with Crippen LogP contribution in [0.5, 0.6) is 0 Å². The Morgan fingerprint density at radius 1 is 1.04 bits per heavy atom. The molecular formula is C18H19BN2O5S. The van der Waals surface area contributed by atoms with Crippen LogP contribution in [-0.2, 0) is 10.0 Å². The summed E-state index contributed by atoms with van der Waals surface area (Å²) >= 11 is 0. The Morgan fingerprint density at radius 3 is 2.26 bits per heavy atom. The third-order valence-electron chi connectivity index (χ3n) is 4.26. The van der Waals surface area contributed by atoms with Gasteiger partial charge in [0.2, 0.25) is 0 Å². The average Bonchev–Trinajstić information content (AvgIpc) is 2.94. The molecule has 140 valence electrons. The van der Waals surface area contributed by atoms with Crippen LogP contribution in [0.25, 0.3) is 11.1 Å². The summed E-state index contributed by atoms with van der Waals surface area (Å²) in [6, 6.07) is 11.0. The molecule has 0 aliphatic carbocycles. The van der Waals surface area contributed by atoms with Gasteiger partial charge in [0.05, 0.1) is 10.6 Å². The molecule has 3 N–H and O–H groups in total. The standard InChI is InChI=1S/C18H19BN2O5S/c1-11-4-5-14(18-12(2)20-26-13(18)3)10-17(11)27(24,25)21-16-8-6-15(7-9-16)19(22)23/h4-10,21-23H,1-3H3. The molecule has 0 saturated carbocycles. The molecule has 2 aromatic carbocycles. The van der Waals surface area contributed by atoms with Gasteiger partial charge in [0, 0.05) is 11.3 Å². The first-order valence-corrected chi connectivity index (χ1v) is 9.70. The molecule has 3 rings (SSSR count). The lowest BCUT2D eigenvalue weighted by Gasteiger charge is -2.12. The molecule has 0 fully saturated rings. The second kappa shape index (κ2) is 7.18. The van der Waals surface area contributed by atoms with Gasteiger partial charge < -0.3 is 14.6 Å². The number of aromatic nitrogens is 1. The predicted octanol–water partition coefficient (Wildman–Crippen LogP) is 1.75. The smallest absolute Gasteiger partial charge is 0.423 e. The highest BCUT2D eigenvalue weighted by atomic mass is 32.2. The highest BCUT2D eigenvalue weighted by Gasteiger charge is 2.20. The Hall–Kier alpha value is -2.62. The summed E-state index contributed by atoms with van der Waals surface area (Å²) < 4.78 is 33.5. The molecule has 0 saturated heterocycles. The SMILES string of the molecule is Cc1ccc(-c2c(C)noc2C)cc1S(=O)(=O)Nc1ccc(B(O)O)cc1. The van der Waals surface area contributed by atoms with Gasteiger partial charge in [0.25, 0.3) is 10.0 Å². The Balaban J connectivity index is 1.98. The molecule has 0 aliphatic rings. The van der Waals surface area contributed by atoms with Crippen LogP contribution in [0.3, 0.4) is 0 Å². The maximum absolute atomic E-state index is 12.9. The number of benzene rings is 2. The largest absolute Gasteiger partial charge is 0.488 e. The maximum Gasteiger partial charge on any atom is 0.488 e. The molecule has 0 spiro atoms. The summed E-state index contributed by atoms with van der Waals surface area (Å²) in [5, 5.41) is 22.2. The van der Waals surface area contributed by atoms with Gasteiger partial charge in [0.15, 0.2) is 0 Å². The van der Waals surface area contributed by atoms with Crippen molar-refractivity contribution >= 4 is 28.3 Å². The van der Waals surface area contributed by atoms with Crippen molar-refractivity contribution in [3.05, 3.63) is 59.5 Å². The van der Waals surface area contributed by atoms with Gasteiger partial charge in [-0.3, -0.25) is 4.72 Å². The molecule has 0 amide bonds. The third-order valence-corrected chi connectivity index (χ3v) is 5.78. The minimum Gasteiger partial charge on any atom is -0.423 e. The Kier molecular flexibility index (Phi) is 5.10. The van der Waals surface area contributed by atoms with Crippen molar-refractivity contribution in [3.8, 4) is 11.1 Å². The van der Waals surface area contributed by atoms with E-state index in [2.05, 4.69) is 9.88 Å². The van der Waals surface area contributed by atoms with E-state index in [-0.39, 0.29) is 10.4 Å². The minimum absolute atomic E-state index is 0.145. The van der Waals surface area contributed by atoms with E-state index in [1.807, 2.05) is 6.07 Å². The van der Waals surface area contributed by atoms with Crippen LogP contribution in [0.1, 0.15) is 17.0 Å². The second-order valence-electron chi connectivity index (χ2n) is 6.28. The fourth-order valence-corrected chi connectivity index (χ4v) is 4.20. The summed E-state index contributed by atoms with van der Waals surface area (Å²) in [5.74, 6) is 0.616. The zero-order chi connectivity index (χ0) is 19.8. The van der Waals surface area contributed by atoms with Crippen LogP contribution in [0.4, 0.5) is 5.69 Å². The molecule has 3 aromatic rings. The summed E-state index contributed by atoms with van der Waals surface area (Å²) in [6.45, 7) is 5.30. The Morgan fingerprint density at radius 2 is 1.70 bits per heavy atom. The van der Waals surface area contributed by atoms with Crippen molar-refractivity contribution in [2.45, 2.75) is 25.7 Å². The Labute approximate surface area is 157 Å². The van der Waals surface area contributed by atoms with E-state index in [1.165, 1.54) is 24.3 Å². The highest BCUT2D eigenvalue weighted by Crippen LogP contribution is 2.30. The summed E-state index contributed by atoms with van der Waals surface area (Å²) in [7, 11) is -5.45. The van der Waals surface area contributed by atoms with E-state index in [1.54, 1.807) is 32.9 Å². The molecule has 9 heteroatoms. The fraction of sp³-hybridized carbons (Fsp3) is 0.167. The number of rotatable bonds is 5. The zero-order valence-corrected chi connectivity index (χ0v) is 15.9. The molecule has 1 aromatic heterocycles. The molecule has 1 heterocycles. The third kappa shape index (κ3) is 3.90. The van der Waals surface area contributed by atoms with Gasteiger partial charge in [-0.15, -0.1) is 0 Å². The topological polar surface area (TPSA) is 113 Å².